The first-order valence-electron chi connectivity index (χ1n) is 5.97. The number of carbonyl (C=O) groups is 1. The Kier molecular flexibility index (Phi) is 4.05. The van der Waals surface area contributed by atoms with Crippen LogP contribution in [0.2, 0.25) is 0 Å². The first-order chi connectivity index (χ1) is 9.63. The molecular weight excluding hydrogens is 256 g/mol. The Labute approximate surface area is 116 Å². The highest BCUT2D eigenvalue weighted by Crippen LogP contribution is 2.27. The summed E-state index contributed by atoms with van der Waals surface area (Å²) in [6, 6.07) is 9.77. The topological polar surface area (TPSA) is 66.8 Å². The number of phenolic OH excluding ortho intramolecular Hbond substituents is 2. The van der Waals surface area contributed by atoms with Gasteiger partial charge in [0.05, 0.1) is 12.7 Å². The van der Waals surface area contributed by atoms with E-state index in [1.165, 1.54) is 13.2 Å². The Bertz CT molecular complexity index is 660. The fourth-order valence-corrected chi connectivity index (χ4v) is 1.76. The molecule has 0 bridgehead atoms. The van der Waals surface area contributed by atoms with Crippen LogP contribution in [-0.2, 0) is 0 Å². The zero-order valence-electron chi connectivity index (χ0n) is 10.9. The summed E-state index contributed by atoms with van der Waals surface area (Å²) in [5.74, 6) is 0.437. The molecule has 0 amide bonds. The van der Waals surface area contributed by atoms with E-state index < -0.39 is 0 Å². The molecular formula is C16H14O4. The molecule has 2 N–H and O–H groups in total. The molecule has 2 aromatic carbocycles. The van der Waals surface area contributed by atoms with Crippen molar-refractivity contribution in [3.05, 3.63) is 53.1 Å². The van der Waals surface area contributed by atoms with Gasteiger partial charge >= 0.3 is 0 Å². The Morgan fingerprint density at radius 1 is 0.950 bits per heavy atom. The standard InChI is InChI=1S/C16H14O4/c1-20-16-9-12(5-7-15(16)19)3-2-11-4-6-14(18)13(8-11)10-17/h2-10,18-19H,1H3. The lowest BCUT2D eigenvalue weighted by molar-refractivity contribution is 0.112. The van der Waals surface area contributed by atoms with Gasteiger partial charge in [-0.2, -0.15) is 0 Å². The lowest BCUT2D eigenvalue weighted by Gasteiger charge is -2.04. The van der Waals surface area contributed by atoms with Gasteiger partial charge in [0.25, 0.3) is 0 Å². The molecule has 0 saturated heterocycles. The molecule has 0 aliphatic rings. The fourth-order valence-electron chi connectivity index (χ4n) is 1.76. The van der Waals surface area contributed by atoms with E-state index >= 15 is 0 Å². The van der Waals surface area contributed by atoms with Gasteiger partial charge in [-0.15, -0.1) is 0 Å². The van der Waals surface area contributed by atoms with Crippen LogP contribution in [0.1, 0.15) is 21.5 Å². The highest BCUT2D eigenvalue weighted by Gasteiger charge is 2.01. The zero-order valence-corrected chi connectivity index (χ0v) is 10.9. The number of hydrogen-bond acceptors (Lipinski definition) is 4. The summed E-state index contributed by atoms with van der Waals surface area (Å²) in [5, 5.41) is 18.9. The van der Waals surface area contributed by atoms with Crippen molar-refractivity contribution in [2.24, 2.45) is 0 Å². The van der Waals surface area contributed by atoms with Crippen molar-refractivity contribution in [2.75, 3.05) is 7.11 Å². The molecule has 4 heteroatoms. The van der Waals surface area contributed by atoms with Crippen LogP contribution in [-0.4, -0.2) is 23.6 Å². The van der Waals surface area contributed by atoms with Gasteiger partial charge in [-0.25, -0.2) is 0 Å². The number of hydrogen-bond donors (Lipinski definition) is 2. The second-order valence-electron chi connectivity index (χ2n) is 4.20. The van der Waals surface area contributed by atoms with E-state index in [9.17, 15) is 15.0 Å². The average Bonchev–Trinajstić information content (AvgIpc) is 2.47. The van der Waals surface area contributed by atoms with Crippen molar-refractivity contribution in [2.45, 2.75) is 0 Å². The van der Waals surface area contributed by atoms with E-state index in [2.05, 4.69) is 0 Å². The zero-order chi connectivity index (χ0) is 14.5. The molecule has 0 aromatic heterocycles. The van der Waals surface area contributed by atoms with Crippen LogP contribution < -0.4 is 4.74 Å². The molecule has 102 valence electrons. The molecule has 0 aliphatic carbocycles. The number of aldehydes is 1. The average molecular weight is 270 g/mol. The van der Waals surface area contributed by atoms with Crippen LogP contribution in [0.25, 0.3) is 12.2 Å². The third-order valence-corrected chi connectivity index (χ3v) is 2.85. The maximum absolute atomic E-state index is 10.7. The summed E-state index contributed by atoms with van der Waals surface area (Å²) in [4.78, 5) is 10.7. The summed E-state index contributed by atoms with van der Waals surface area (Å²) >= 11 is 0. The van der Waals surface area contributed by atoms with Crippen LogP contribution in [0.3, 0.4) is 0 Å². The van der Waals surface area contributed by atoms with Gasteiger partial charge in [0.2, 0.25) is 0 Å². The third kappa shape index (κ3) is 2.98. The molecule has 2 rings (SSSR count). The normalized spacial score (nSPS) is 10.7. The van der Waals surface area contributed by atoms with Crippen LogP contribution in [0.4, 0.5) is 0 Å². The molecule has 0 fully saturated rings. The molecule has 4 nitrogen and oxygen atoms in total. The van der Waals surface area contributed by atoms with Crippen LogP contribution in [0, 0.1) is 0 Å². The van der Waals surface area contributed by atoms with Crippen molar-refractivity contribution in [1.29, 1.82) is 0 Å². The summed E-state index contributed by atoms with van der Waals surface area (Å²) in [7, 11) is 1.49. The molecule has 0 radical (unpaired) electrons. The summed E-state index contributed by atoms with van der Waals surface area (Å²) in [6.07, 6.45) is 4.23. The third-order valence-electron chi connectivity index (χ3n) is 2.85. The Morgan fingerprint density at radius 2 is 1.55 bits per heavy atom. The number of methoxy groups -OCH3 is 1. The Hall–Kier alpha value is -2.75. The fraction of sp³-hybridized carbons (Fsp3) is 0.0625. The lowest BCUT2D eigenvalue weighted by atomic mass is 10.1. The van der Waals surface area contributed by atoms with Crippen molar-refractivity contribution < 1.29 is 19.7 Å². The van der Waals surface area contributed by atoms with Gasteiger partial charge in [0, 0.05) is 0 Å². The lowest BCUT2D eigenvalue weighted by Crippen LogP contribution is -1.84. The maximum atomic E-state index is 10.7. The van der Waals surface area contributed by atoms with E-state index in [1.54, 1.807) is 36.4 Å². The minimum atomic E-state index is -0.0385. The largest absolute Gasteiger partial charge is 0.507 e. The predicted molar refractivity (Wildman–Crippen MR) is 77.1 cm³/mol. The van der Waals surface area contributed by atoms with Crippen LogP contribution in [0.5, 0.6) is 17.2 Å². The number of ether oxygens (including phenoxy) is 1. The minimum absolute atomic E-state index is 0.0385. The van der Waals surface area contributed by atoms with E-state index in [4.69, 9.17) is 4.74 Å². The van der Waals surface area contributed by atoms with Crippen molar-refractivity contribution in [3.63, 3.8) is 0 Å². The van der Waals surface area contributed by atoms with E-state index in [1.807, 2.05) is 6.08 Å². The predicted octanol–water partition coefficient (Wildman–Crippen LogP) is 3.09. The molecule has 0 aliphatic heterocycles. The number of rotatable bonds is 4. The number of benzene rings is 2. The molecule has 2 aromatic rings. The molecule has 20 heavy (non-hydrogen) atoms. The summed E-state index contributed by atoms with van der Waals surface area (Å²) in [6.45, 7) is 0. The second kappa shape index (κ2) is 5.93. The van der Waals surface area contributed by atoms with Gasteiger partial charge in [-0.1, -0.05) is 24.3 Å². The molecule has 0 atom stereocenters. The van der Waals surface area contributed by atoms with Crippen molar-refractivity contribution in [1.82, 2.24) is 0 Å². The van der Waals surface area contributed by atoms with E-state index in [0.717, 1.165) is 11.1 Å². The van der Waals surface area contributed by atoms with E-state index in [-0.39, 0.29) is 17.1 Å². The SMILES string of the molecule is COc1cc(C=Cc2ccc(O)c(C=O)c2)ccc1O. The Morgan fingerprint density at radius 3 is 2.15 bits per heavy atom. The first-order valence-corrected chi connectivity index (χ1v) is 5.97. The first kappa shape index (κ1) is 13.7. The highest BCUT2D eigenvalue weighted by atomic mass is 16.5. The molecule has 0 heterocycles. The van der Waals surface area contributed by atoms with Crippen LogP contribution in [0.15, 0.2) is 36.4 Å². The summed E-state index contributed by atoms with van der Waals surface area (Å²) < 4.78 is 5.03. The van der Waals surface area contributed by atoms with Gasteiger partial charge < -0.3 is 14.9 Å². The monoisotopic (exact) mass is 270 g/mol. The maximum Gasteiger partial charge on any atom is 0.161 e. The summed E-state index contributed by atoms with van der Waals surface area (Å²) in [5.41, 5.74) is 1.88. The van der Waals surface area contributed by atoms with Crippen LogP contribution >= 0.6 is 0 Å². The second-order valence-corrected chi connectivity index (χ2v) is 4.20. The molecule has 0 unspecified atom stereocenters. The van der Waals surface area contributed by atoms with Crippen molar-refractivity contribution >= 4 is 18.4 Å². The number of phenols is 2. The quantitative estimate of drug-likeness (QED) is 0.661. The number of carbonyl (C=O) groups excluding carboxylic acids is 1. The van der Waals surface area contributed by atoms with Crippen molar-refractivity contribution in [3.8, 4) is 17.2 Å². The Balaban J connectivity index is 2.27. The number of aromatic hydroxyl groups is 2. The van der Waals surface area contributed by atoms with Gasteiger partial charge in [0.1, 0.15) is 5.75 Å². The van der Waals surface area contributed by atoms with E-state index in [0.29, 0.717) is 12.0 Å². The molecule has 0 saturated carbocycles. The smallest absolute Gasteiger partial charge is 0.161 e. The van der Waals surface area contributed by atoms with Gasteiger partial charge in [-0.3, -0.25) is 4.79 Å². The highest BCUT2D eigenvalue weighted by molar-refractivity contribution is 5.82. The minimum Gasteiger partial charge on any atom is -0.507 e. The van der Waals surface area contributed by atoms with Gasteiger partial charge in [-0.05, 0) is 35.4 Å². The van der Waals surface area contributed by atoms with Gasteiger partial charge in [0.15, 0.2) is 17.8 Å². The molecule has 0 spiro atoms.